The molecule has 0 fully saturated rings. The minimum Gasteiger partial charge on any atom is -0.486 e. The van der Waals surface area contributed by atoms with E-state index in [2.05, 4.69) is 15.5 Å². The van der Waals surface area contributed by atoms with Crippen LogP contribution in [0.25, 0.3) is 0 Å². The van der Waals surface area contributed by atoms with Crippen LogP contribution in [0.5, 0.6) is 5.75 Å². The van der Waals surface area contributed by atoms with Crippen LogP contribution in [0.15, 0.2) is 53.7 Å². The zero-order valence-electron chi connectivity index (χ0n) is 15.6. The number of hydrogen-bond acceptors (Lipinski definition) is 5. The van der Waals surface area contributed by atoms with Crippen molar-refractivity contribution in [2.75, 3.05) is 11.1 Å². The summed E-state index contributed by atoms with van der Waals surface area (Å²) in [5.74, 6) is 1.68. The number of carbonyl (C=O) groups excluding carboxylic acids is 1. The van der Waals surface area contributed by atoms with Crippen LogP contribution in [0.3, 0.4) is 0 Å². The molecule has 0 aliphatic rings. The fraction of sp³-hybridized carbons (Fsp3) is 0.250. The van der Waals surface area contributed by atoms with E-state index in [9.17, 15) is 4.79 Å². The van der Waals surface area contributed by atoms with Crippen LogP contribution in [-0.4, -0.2) is 26.4 Å². The van der Waals surface area contributed by atoms with E-state index < -0.39 is 0 Å². The first-order valence-corrected chi connectivity index (χ1v) is 9.57. The van der Waals surface area contributed by atoms with E-state index in [1.807, 2.05) is 74.0 Å². The van der Waals surface area contributed by atoms with Gasteiger partial charge in [0.15, 0.2) is 11.0 Å². The minimum atomic E-state index is -0.0777. The molecule has 2 aromatic carbocycles. The highest BCUT2D eigenvalue weighted by Gasteiger charge is 2.12. The first kappa shape index (κ1) is 19.0. The van der Waals surface area contributed by atoms with Crippen molar-refractivity contribution in [3.63, 3.8) is 0 Å². The van der Waals surface area contributed by atoms with Gasteiger partial charge in [-0.1, -0.05) is 41.6 Å². The van der Waals surface area contributed by atoms with Gasteiger partial charge in [0.2, 0.25) is 5.91 Å². The van der Waals surface area contributed by atoms with Gasteiger partial charge in [-0.3, -0.25) is 4.79 Å². The molecule has 0 saturated carbocycles. The van der Waals surface area contributed by atoms with E-state index in [0.29, 0.717) is 17.6 Å². The van der Waals surface area contributed by atoms with Crippen molar-refractivity contribution in [3.8, 4) is 5.75 Å². The maximum Gasteiger partial charge on any atom is 0.234 e. The van der Waals surface area contributed by atoms with Gasteiger partial charge in [-0.2, -0.15) is 0 Å². The Kier molecular flexibility index (Phi) is 6.13. The summed E-state index contributed by atoms with van der Waals surface area (Å²) in [4.78, 5) is 12.1. The first-order valence-electron chi connectivity index (χ1n) is 8.58. The number of anilines is 1. The van der Waals surface area contributed by atoms with Crippen LogP contribution in [0, 0.1) is 13.8 Å². The van der Waals surface area contributed by atoms with Gasteiger partial charge in [-0.25, -0.2) is 0 Å². The molecule has 0 spiro atoms. The lowest BCUT2D eigenvalue weighted by molar-refractivity contribution is -0.113. The van der Waals surface area contributed by atoms with Crippen LogP contribution in [-0.2, 0) is 18.4 Å². The average molecular weight is 382 g/mol. The number of carbonyl (C=O) groups is 1. The van der Waals surface area contributed by atoms with Gasteiger partial charge in [0, 0.05) is 12.7 Å². The van der Waals surface area contributed by atoms with E-state index in [4.69, 9.17) is 4.74 Å². The van der Waals surface area contributed by atoms with Crippen LogP contribution in [0.1, 0.15) is 17.0 Å². The zero-order chi connectivity index (χ0) is 19.2. The van der Waals surface area contributed by atoms with Crippen molar-refractivity contribution in [2.24, 2.45) is 7.05 Å². The summed E-state index contributed by atoms with van der Waals surface area (Å²) in [5, 5.41) is 11.9. The first-order chi connectivity index (χ1) is 13.0. The molecular formula is C20H22N4O2S. The second-order valence-electron chi connectivity index (χ2n) is 6.27. The monoisotopic (exact) mass is 382 g/mol. The van der Waals surface area contributed by atoms with E-state index >= 15 is 0 Å². The van der Waals surface area contributed by atoms with Crippen molar-refractivity contribution in [2.45, 2.75) is 25.6 Å². The molecule has 7 heteroatoms. The molecule has 0 aliphatic heterocycles. The second kappa shape index (κ2) is 8.73. The number of aryl methyl sites for hydroxylation is 2. The molecule has 140 valence electrons. The largest absolute Gasteiger partial charge is 0.486 e. The number of nitrogens with zero attached hydrogens (tertiary/aromatic N) is 3. The normalized spacial score (nSPS) is 10.6. The lowest BCUT2D eigenvalue weighted by Crippen LogP contribution is -2.14. The molecule has 0 atom stereocenters. The Morgan fingerprint density at radius 2 is 1.89 bits per heavy atom. The van der Waals surface area contributed by atoms with Gasteiger partial charge in [0.05, 0.1) is 5.75 Å². The van der Waals surface area contributed by atoms with Crippen molar-refractivity contribution in [3.05, 3.63) is 65.5 Å². The lowest BCUT2D eigenvalue weighted by Gasteiger charge is -2.07. The van der Waals surface area contributed by atoms with Gasteiger partial charge >= 0.3 is 0 Å². The molecule has 6 nitrogen and oxygen atoms in total. The molecule has 0 aliphatic carbocycles. The number of amides is 1. The smallest absolute Gasteiger partial charge is 0.234 e. The second-order valence-corrected chi connectivity index (χ2v) is 7.21. The summed E-state index contributed by atoms with van der Waals surface area (Å²) in [7, 11) is 1.87. The number of nitrogens with one attached hydrogen (secondary N) is 1. The van der Waals surface area contributed by atoms with Gasteiger partial charge in [-0.15, -0.1) is 10.2 Å². The van der Waals surface area contributed by atoms with E-state index in [1.165, 1.54) is 17.3 Å². The van der Waals surface area contributed by atoms with E-state index in [0.717, 1.165) is 17.0 Å². The Morgan fingerprint density at radius 1 is 1.11 bits per heavy atom. The third-order valence-corrected chi connectivity index (χ3v) is 4.97. The highest BCUT2D eigenvalue weighted by Crippen LogP contribution is 2.18. The van der Waals surface area contributed by atoms with Crippen molar-refractivity contribution < 1.29 is 9.53 Å². The molecule has 0 bridgehead atoms. The van der Waals surface area contributed by atoms with Crippen molar-refractivity contribution >= 4 is 23.4 Å². The van der Waals surface area contributed by atoms with Gasteiger partial charge in [0.25, 0.3) is 0 Å². The molecule has 0 radical (unpaired) electrons. The summed E-state index contributed by atoms with van der Waals surface area (Å²) in [6.45, 7) is 4.35. The predicted molar refractivity (Wildman–Crippen MR) is 107 cm³/mol. The molecular weight excluding hydrogens is 360 g/mol. The molecule has 3 aromatic rings. The number of rotatable bonds is 7. The summed E-state index contributed by atoms with van der Waals surface area (Å²) in [6.07, 6.45) is 0. The van der Waals surface area contributed by atoms with E-state index in [1.54, 1.807) is 0 Å². The molecule has 27 heavy (non-hydrogen) atoms. The number of aromatic nitrogens is 3. The predicted octanol–water partition coefficient (Wildman–Crippen LogP) is 3.74. The molecule has 1 N–H and O–H groups in total. The third kappa shape index (κ3) is 5.34. The molecule has 0 unspecified atom stereocenters. The van der Waals surface area contributed by atoms with Crippen LogP contribution < -0.4 is 10.1 Å². The van der Waals surface area contributed by atoms with Crippen LogP contribution in [0.4, 0.5) is 5.69 Å². The summed E-state index contributed by atoms with van der Waals surface area (Å²) >= 11 is 1.34. The number of ether oxygens (including phenoxy) is 1. The number of hydrogen-bond donors (Lipinski definition) is 1. The highest BCUT2D eigenvalue weighted by atomic mass is 32.2. The summed E-state index contributed by atoms with van der Waals surface area (Å²) in [6, 6.07) is 15.6. The molecule has 3 rings (SSSR count). The fourth-order valence-electron chi connectivity index (χ4n) is 2.43. The standard InChI is InChI=1S/C20H22N4O2S/c1-14-7-9-17(10-8-14)26-12-18-22-23-20(24(18)3)27-13-19(25)21-16-6-4-5-15(2)11-16/h4-11H,12-13H2,1-3H3,(H,21,25). The third-order valence-electron chi connectivity index (χ3n) is 3.95. The zero-order valence-corrected chi connectivity index (χ0v) is 16.4. The quantitative estimate of drug-likeness (QED) is 0.631. The van der Waals surface area contributed by atoms with Crippen molar-refractivity contribution in [1.82, 2.24) is 14.8 Å². The molecule has 1 heterocycles. The summed E-state index contributed by atoms with van der Waals surface area (Å²) < 4.78 is 7.59. The Balaban J connectivity index is 1.52. The maximum absolute atomic E-state index is 12.1. The Morgan fingerprint density at radius 3 is 2.63 bits per heavy atom. The van der Waals surface area contributed by atoms with Crippen molar-refractivity contribution in [1.29, 1.82) is 0 Å². The fourth-order valence-corrected chi connectivity index (χ4v) is 3.16. The van der Waals surface area contributed by atoms with Gasteiger partial charge in [0.1, 0.15) is 12.4 Å². The Bertz CT molecular complexity index is 922. The topological polar surface area (TPSA) is 69.0 Å². The molecule has 0 saturated heterocycles. The van der Waals surface area contributed by atoms with E-state index in [-0.39, 0.29) is 11.7 Å². The number of thioether (sulfide) groups is 1. The highest BCUT2D eigenvalue weighted by molar-refractivity contribution is 7.99. The Hall–Kier alpha value is -2.80. The van der Waals surface area contributed by atoms with Gasteiger partial charge in [-0.05, 0) is 43.7 Å². The Labute approximate surface area is 163 Å². The number of benzene rings is 2. The SMILES string of the molecule is Cc1ccc(OCc2nnc(SCC(=O)Nc3cccc(C)c3)n2C)cc1. The molecule has 1 aromatic heterocycles. The van der Waals surface area contributed by atoms with Crippen LogP contribution in [0.2, 0.25) is 0 Å². The minimum absolute atomic E-state index is 0.0777. The summed E-state index contributed by atoms with van der Waals surface area (Å²) in [5.41, 5.74) is 3.08. The van der Waals surface area contributed by atoms with Gasteiger partial charge < -0.3 is 14.6 Å². The van der Waals surface area contributed by atoms with Crippen LogP contribution >= 0.6 is 11.8 Å². The lowest BCUT2D eigenvalue weighted by atomic mass is 10.2. The maximum atomic E-state index is 12.1. The molecule has 1 amide bonds. The average Bonchev–Trinajstić information content (AvgIpc) is 2.99.